The molecular weight excluding hydrogens is 526 g/mol. The largest absolute Gasteiger partial charge is 0.496 e. The predicted octanol–water partition coefficient (Wildman–Crippen LogP) is 5.32. The molecule has 6 rings (SSSR count). The van der Waals surface area contributed by atoms with Crippen molar-refractivity contribution in [3.8, 4) is 45.8 Å². The molecule has 1 aromatic heterocycles. The number of rotatable bonds is 8. The van der Waals surface area contributed by atoms with Gasteiger partial charge in [0.05, 0.1) is 30.7 Å². The molecular formula is C31H31N3O7. The summed E-state index contributed by atoms with van der Waals surface area (Å²) in [6.45, 7) is 2.13. The molecule has 1 atom stereocenters. The number of fused-ring (bicyclic) bond motifs is 2. The highest BCUT2D eigenvalue weighted by molar-refractivity contribution is 5.96. The van der Waals surface area contributed by atoms with Crippen LogP contribution in [0.1, 0.15) is 24.8 Å². The van der Waals surface area contributed by atoms with Crippen LogP contribution in [-0.4, -0.2) is 66.0 Å². The lowest BCUT2D eigenvalue weighted by Crippen LogP contribution is -2.44. The second-order valence-corrected chi connectivity index (χ2v) is 9.97. The van der Waals surface area contributed by atoms with Crippen LogP contribution in [0.2, 0.25) is 0 Å². The summed E-state index contributed by atoms with van der Waals surface area (Å²) in [5, 5.41) is 10.5. The van der Waals surface area contributed by atoms with E-state index in [-0.39, 0.29) is 0 Å². The molecule has 0 amide bonds. The van der Waals surface area contributed by atoms with Gasteiger partial charge in [0.1, 0.15) is 42.8 Å². The predicted molar refractivity (Wildman–Crippen MR) is 151 cm³/mol. The highest BCUT2D eigenvalue weighted by atomic mass is 16.6. The zero-order valence-electron chi connectivity index (χ0n) is 23.0. The Bertz CT molecular complexity index is 1570. The summed E-state index contributed by atoms with van der Waals surface area (Å²) < 4.78 is 29.2. The molecule has 0 spiro atoms. The van der Waals surface area contributed by atoms with E-state index in [0.717, 1.165) is 46.2 Å². The number of benzene rings is 3. The van der Waals surface area contributed by atoms with Gasteiger partial charge in [-0.3, -0.25) is 9.69 Å². The average molecular weight is 558 g/mol. The van der Waals surface area contributed by atoms with Gasteiger partial charge in [0.25, 0.3) is 0 Å². The maximum atomic E-state index is 11.9. The molecule has 2 aliphatic heterocycles. The minimum Gasteiger partial charge on any atom is -0.496 e. The molecule has 3 heterocycles. The van der Waals surface area contributed by atoms with E-state index >= 15 is 0 Å². The van der Waals surface area contributed by atoms with E-state index < -0.39 is 12.0 Å². The van der Waals surface area contributed by atoms with Gasteiger partial charge >= 0.3 is 5.97 Å². The van der Waals surface area contributed by atoms with E-state index in [1.54, 1.807) is 26.4 Å². The number of aromatic nitrogens is 2. The second kappa shape index (κ2) is 11.5. The van der Waals surface area contributed by atoms with Crippen LogP contribution in [0.5, 0.6) is 34.6 Å². The van der Waals surface area contributed by atoms with Crippen LogP contribution in [-0.2, 0) is 11.3 Å². The maximum absolute atomic E-state index is 11.9. The molecule has 2 aliphatic rings. The van der Waals surface area contributed by atoms with Crippen molar-refractivity contribution >= 4 is 16.9 Å². The molecule has 0 aliphatic carbocycles. The van der Waals surface area contributed by atoms with Crippen LogP contribution < -0.4 is 23.7 Å². The Kier molecular flexibility index (Phi) is 7.47. The Morgan fingerprint density at radius 2 is 1.78 bits per heavy atom. The second-order valence-electron chi connectivity index (χ2n) is 9.97. The minimum absolute atomic E-state index is 0.383. The molecule has 1 saturated heterocycles. The van der Waals surface area contributed by atoms with Gasteiger partial charge < -0.3 is 28.8 Å². The van der Waals surface area contributed by atoms with Crippen molar-refractivity contribution in [1.29, 1.82) is 0 Å². The van der Waals surface area contributed by atoms with Crippen LogP contribution in [0, 0.1) is 0 Å². The number of carboxylic acids is 1. The van der Waals surface area contributed by atoms with Crippen LogP contribution in [0.15, 0.2) is 54.9 Å². The number of likely N-dealkylation sites (tertiary alicyclic amines) is 1. The number of methoxy groups -OCH3 is 2. The summed E-state index contributed by atoms with van der Waals surface area (Å²) in [6.07, 6.45) is 3.95. The van der Waals surface area contributed by atoms with Crippen molar-refractivity contribution in [3.63, 3.8) is 0 Å². The molecule has 10 heteroatoms. The van der Waals surface area contributed by atoms with Gasteiger partial charge in [0.15, 0.2) is 11.5 Å². The highest BCUT2D eigenvalue weighted by Gasteiger charge is 2.30. The number of hydrogen-bond donors (Lipinski definition) is 1. The molecule has 212 valence electrons. The average Bonchev–Trinajstić information content (AvgIpc) is 3.01. The maximum Gasteiger partial charge on any atom is 0.320 e. The fourth-order valence-electron chi connectivity index (χ4n) is 5.54. The SMILES string of the molecule is COc1cc(Oc2ncnc3c(-c4ccc5c(c4)OCCO5)cccc23)cc(OC)c1CN1CCCC[C@@H]1C(=O)O. The van der Waals surface area contributed by atoms with Gasteiger partial charge in [-0.2, -0.15) is 0 Å². The summed E-state index contributed by atoms with van der Waals surface area (Å²) in [4.78, 5) is 22.8. The third-order valence-corrected chi connectivity index (χ3v) is 7.54. The Labute approximate surface area is 237 Å². The minimum atomic E-state index is -0.811. The lowest BCUT2D eigenvalue weighted by molar-refractivity contribution is -0.144. The van der Waals surface area contributed by atoms with Crippen molar-refractivity contribution < 1.29 is 33.6 Å². The summed E-state index contributed by atoms with van der Waals surface area (Å²) in [7, 11) is 3.15. The van der Waals surface area contributed by atoms with Crippen molar-refractivity contribution in [2.45, 2.75) is 31.8 Å². The van der Waals surface area contributed by atoms with Crippen molar-refractivity contribution in [2.75, 3.05) is 34.0 Å². The Hall–Kier alpha value is -4.57. The van der Waals surface area contributed by atoms with Gasteiger partial charge in [-0.15, -0.1) is 0 Å². The van der Waals surface area contributed by atoms with E-state index in [4.69, 9.17) is 23.7 Å². The molecule has 1 fully saturated rings. The fourth-order valence-corrected chi connectivity index (χ4v) is 5.54. The van der Waals surface area contributed by atoms with Gasteiger partial charge in [-0.25, -0.2) is 9.97 Å². The molecule has 0 radical (unpaired) electrons. The molecule has 0 bridgehead atoms. The van der Waals surface area contributed by atoms with E-state index in [9.17, 15) is 9.90 Å². The van der Waals surface area contributed by atoms with E-state index in [1.807, 2.05) is 41.3 Å². The van der Waals surface area contributed by atoms with Crippen molar-refractivity contribution in [3.05, 3.63) is 60.4 Å². The van der Waals surface area contributed by atoms with E-state index in [1.165, 1.54) is 6.33 Å². The number of ether oxygens (including phenoxy) is 5. The van der Waals surface area contributed by atoms with Gasteiger partial charge in [0, 0.05) is 24.2 Å². The number of carboxylic acid groups (broad SMARTS) is 1. The molecule has 10 nitrogen and oxygen atoms in total. The lowest BCUT2D eigenvalue weighted by Gasteiger charge is -2.33. The quantitative estimate of drug-likeness (QED) is 0.306. The number of aliphatic carboxylic acids is 1. The lowest BCUT2D eigenvalue weighted by atomic mass is 10.0. The molecule has 0 saturated carbocycles. The smallest absolute Gasteiger partial charge is 0.320 e. The fraction of sp³-hybridized carbons (Fsp3) is 0.323. The number of nitrogens with zero attached hydrogens (tertiary/aromatic N) is 3. The van der Waals surface area contributed by atoms with Crippen LogP contribution >= 0.6 is 0 Å². The third kappa shape index (κ3) is 5.30. The van der Waals surface area contributed by atoms with E-state index in [0.29, 0.717) is 61.6 Å². The first kappa shape index (κ1) is 26.6. The summed E-state index contributed by atoms with van der Waals surface area (Å²) in [5.74, 6) is 2.57. The third-order valence-electron chi connectivity index (χ3n) is 7.54. The van der Waals surface area contributed by atoms with Gasteiger partial charge in [0.2, 0.25) is 5.88 Å². The molecule has 3 aromatic carbocycles. The summed E-state index contributed by atoms with van der Waals surface area (Å²) >= 11 is 0. The standard InChI is InChI=1S/C31H31N3O7/c1-37-26-15-20(16-27(38-2)23(26)17-34-11-4-3-8-24(34)31(35)36)41-30-22-7-5-6-21(29(22)32-18-33-30)19-9-10-25-28(14-19)40-13-12-39-25/h5-7,9-10,14-16,18,24H,3-4,8,11-13,17H2,1-2H3,(H,35,36)/t24-/m1/s1. The zero-order valence-corrected chi connectivity index (χ0v) is 23.0. The van der Waals surface area contributed by atoms with Crippen LogP contribution in [0.4, 0.5) is 0 Å². The first-order valence-electron chi connectivity index (χ1n) is 13.6. The molecule has 1 N–H and O–H groups in total. The zero-order chi connectivity index (χ0) is 28.3. The number of carbonyl (C=O) groups is 1. The summed E-state index contributed by atoms with van der Waals surface area (Å²) in [6, 6.07) is 14.7. The Balaban J connectivity index is 1.33. The van der Waals surface area contributed by atoms with E-state index in [2.05, 4.69) is 9.97 Å². The Morgan fingerprint density at radius 1 is 1.00 bits per heavy atom. The number of para-hydroxylation sites is 1. The molecule has 4 aromatic rings. The van der Waals surface area contributed by atoms with Crippen LogP contribution in [0.3, 0.4) is 0 Å². The van der Waals surface area contributed by atoms with Crippen molar-refractivity contribution in [2.24, 2.45) is 0 Å². The number of hydrogen-bond acceptors (Lipinski definition) is 9. The number of piperidine rings is 1. The normalized spacial score (nSPS) is 16.8. The molecule has 41 heavy (non-hydrogen) atoms. The monoisotopic (exact) mass is 557 g/mol. The molecule has 0 unspecified atom stereocenters. The first-order chi connectivity index (χ1) is 20.1. The first-order valence-corrected chi connectivity index (χ1v) is 13.6. The van der Waals surface area contributed by atoms with Gasteiger partial charge in [-0.05, 0) is 43.1 Å². The highest BCUT2D eigenvalue weighted by Crippen LogP contribution is 2.40. The van der Waals surface area contributed by atoms with Crippen molar-refractivity contribution in [1.82, 2.24) is 14.9 Å². The van der Waals surface area contributed by atoms with Crippen LogP contribution in [0.25, 0.3) is 22.0 Å². The topological polar surface area (TPSA) is 112 Å². The Morgan fingerprint density at radius 3 is 2.54 bits per heavy atom. The van der Waals surface area contributed by atoms with Gasteiger partial charge in [-0.1, -0.05) is 24.6 Å². The summed E-state index contributed by atoms with van der Waals surface area (Å²) in [5.41, 5.74) is 3.35.